The maximum Gasteiger partial charge on any atom is 0.336 e. The lowest BCUT2D eigenvalue weighted by Gasteiger charge is -2.23. The summed E-state index contributed by atoms with van der Waals surface area (Å²) in [7, 11) is 0. The van der Waals surface area contributed by atoms with E-state index in [1.54, 1.807) is 24.3 Å². The third-order valence-corrected chi connectivity index (χ3v) is 6.25. The Labute approximate surface area is 273 Å². The van der Waals surface area contributed by atoms with Crippen molar-refractivity contribution in [3.05, 3.63) is 58.7 Å². The number of aromatic hydroxyl groups is 2. The van der Waals surface area contributed by atoms with Gasteiger partial charge in [-0.1, -0.05) is 12.1 Å². The Morgan fingerprint density at radius 3 is 1.21 bits per heavy atom. The minimum absolute atomic E-state index is 0.0484. The molecule has 47 heavy (non-hydrogen) atoms. The fraction of sp³-hybridized carbons (Fsp3) is 0.531. The molecule has 2 unspecified atom stereocenters. The van der Waals surface area contributed by atoms with Gasteiger partial charge < -0.3 is 61.7 Å². The molecule has 2 aromatic rings. The normalized spacial score (nSPS) is 12.9. The Morgan fingerprint density at radius 2 is 0.979 bits per heavy atom. The minimum Gasteiger partial charge on any atom is -0.508 e. The van der Waals surface area contributed by atoms with Crippen molar-refractivity contribution in [1.82, 2.24) is 10.6 Å². The molecule has 0 bridgehead atoms. The van der Waals surface area contributed by atoms with Crippen LogP contribution in [0.3, 0.4) is 0 Å². The topological polar surface area (TPSA) is 278 Å². The van der Waals surface area contributed by atoms with Gasteiger partial charge in [0.25, 0.3) is 0 Å². The van der Waals surface area contributed by atoms with Gasteiger partial charge in [0.05, 0.1) is 38.3 Å². The predicted octanol–water partition coefficient (Wildman–Crippen LogP) is 1.36. The molecule has 0 fully saturated rings. The van der Waals surface area contributed by atoms with E-state index in [4.69, 9.17) is 30.6 Å². The van der Waals surface area contributed by atoms with Crippen molar-refractivity contribution < 1.29 is 65.4 Å². The summed E-state index contributed by atoms with van der Waals surface area (Å²) in [6.45, 7) is 12.5. The van der Waals surface area contributed by atoms with Crippen LogP contribution in [0.15, 0.2) is 36.4 Å². The van der Waals surface area contributed by atoms with Gasteiger partial charge >= 0.3 is 17.9 Å². The van der Waals surface area contributed by atoms with Crippen molar-refractivity contribution in [2.75, 3.05) is 13.1 Å². The summed E-state index contributed by atoms with van der Waals surface area (Å²) in [6, 6.07) is 9.52. The van der Waals surface area contributed by atoms with E-state index in [1.807, 2.05) is 41.5 Å². The molecule has 0 heterocycles. The molecule has 266 valence electrons. The van der Waals surface area contributed by atoms with Crippen molar-refractivity contribution in [2.45, 2.75) is 96.5 Å². The lowest BCUT2D eigenvalue weighted by atomic mass is 9.96. The van der Waals surface area contributed by atoms with Crippen molar-refractivity contribution in [3.8, 4) is 11.5 Å². The van der Waals surface area contributed by atoms with Crippen LogP contribution < -0.4 is 10.6 Å². The molecule has 0 aliphatic heterocycles. The number of aliphatic carboxylic acids is 3. The molecule has 0 saturated carbocycles. The standard InChI is InChI=1S/2C13H21NO3.C6H8O7/c2*1-13(2,3)14-7-12(17)9-4-5-11(16)10(6-9)8-15;7-3(8)1-6(13,5(11)12)2-4(9)10/h2*4-6,12,14-17H,7-8H2,1-3H3;13H,1-2H2,(H,7,8)(H,9,10)(H,11,12). The first kappa shape index (κ1) is 43.2. The van der Waals surface area contributed by atoms with E-state index in [1.165, 1.54) is 12.1 Å². The van der Waals surface area contributed by atoms with E-state index in [-0.39, 0.29) is 35.8 Å². The van der Waals surface area contributed by atoms with Gasteiger partial charge in [-0.15, -0.1) is 0 Å². The fourth-order valence-corrected chi connectivity index (χ4v) is 3.63. The number of hydrogen-bond acceptors (Lipinski definition) is 12. The molecule has 0 spiro atoms. The zero-order valence-corrected chi connectivity index (χ0v) is 27.6. The summed E-state index contributed by atoms with van der Waals surface area (Å²) >= 11 is 0. The molecule has 0 amide bonds. The molecule has 0 aliphatic rings. The SMILES string of the molecule is CC(C)(C)NCC(O)c1ccc(O)c(CO)c1.CC(C)(C)NCC(O)c1ccc(O)c(CO)c1.O=C(O)CC(O)(CC(=O)O)C(=O)O. The van der Waals surface area contributed by atoms with Gasteiger partial charge in [0.2, 0.25) is 0 Å². The minimum atomic E-state index is -2.74. The van der Waals surface area contributed by atoms with E-state index in [0.29, 0.717) is 35.3 Å². The molecule has 2 aromatic carbocycles. The molecule has 2 rings (SSSR count). The maximum absolute atomic E-state index is 10.3. The van der Waals surface area contributed by atoms with Gasteiger partial charge in [-0.25, -0.2) is 4.79 Å². The predicted molar refractivity (Wildman–Crippen MR) is 171 cm³/mol. The van der Waals surface area contributed by atoms with Crippen molar-refractivity contribution in [2.24, 2.45) is 0 Å². The number of phenols is 2. The molecule has 2 atom stereocenters. The number of aliphatic hydroxyl groups excluding tert-OH is 4. The summed E-state index contributed by atoms with van der Waals surface area (Å²) in [5.74, 6) is -4.92. The third kappa shape index (κ3) is 17.6. The smallest absolute Gasteiger partial charge is 0.336 e. The van der Waals surface area contributed by atoms with Crippen LogP contribution in [0.2, 0.25) is 0 Å². The molecule has 0 aromatic heterocycles. The van der Waals surface area contributed by atoms with Gasteiger partial charge in [-0.05, 0) is 76.9 Å². The van der Waals surface area contributed by atoms with Crippen LogP contribution >= 0.6 is 0 Å². The first-order valence-electron chi connectivity index (χ1n) is 14.6. The van der Waals surface area contributed by atoms with E-state index in [2.05, 4.69) is 10.6 Å². The summed E-state index contributed by atoms with van der Waals surface area (Å²) < 4.78 is 0. The first-order chi connectivity index (χ1) is 21.4. The zero-order valence-electron chi connectivity index (χ0n) is 27.6. The Balaban J connectivity index is 0.000000684. The molecule has 0 aliphatic carbocycles. The van der Waals surface area contributed by atoms with Crippen LogP contribution in [0.25, 0.3) is 0 Å². The number of aliphatic hydroxyl groups is 5. The van der Waals surface area contributed by atoms with Crippen LogP contribution in [0.4, 0.5) is 0 Å². The van der Waals surface area contributed by atoms with Gasteiger partial charge in [0.1, 0.15) is 11.5 Å². The lowest BCUT2D eigenvalue weighted by Crippen LogP contribution is -2.42. The average molecular weight is 671 g/mol. The van der Waals surface area contributed by atoms with Crippen molar-refractivity contribution in [3.63, 3.8) is 0 Å². The highest BCUT2D eigenvalue weighted by molar-refractivity contribution is 5.88. The summed E-state index contributed by atoms with van der Waals surface area (Å²) in [5.41, 5.74) is -0.630. The Bertz CT molecular complexity index is 1210. The van der Waals surface area contributed by atoms with E-state index in [0.717, 1.165) is 0 Å². The number of carbonyl (C=O) groups is 3. The van der Waals surface area contributed by atoms with Crippen molar-refractivity contribution >= 4 is 17.9 Å². The van der Waals surface area contributed by atoms with Crippen LogP contribution in [0.5, 0.6) is 11.5 Å². The number of nitrogens with one attached hydrogen (secondary N) is 2. The summed E-state index contributed by atoms with van der Waals surface area (Å²) in [6.07, 6.45) is -3.59. The molecule has 15 nitrogen and oxygen atoms in total. The van der Waals surface area contributed by atoms with Gasteiger partial charge in [-0.3, -0.25) is 9.59 Å². The highest BCUT2D eigenvalue weighted by Gasteiger charge is 2.40. The Kier molecular flexibility index (Phi) is 17.5. The quantitative estimate of drug-likeness (QED) is 0.143. The molecule has 12 N–H and O–H groups in total. The molecule has 0 saturated heterocycles. The van der Waals surface area contributed by atoms with Gasteiger partial charge in [-0.2, -0.15) is 0 Å². The second-order valence-electron chi connectivity index (χ2n) is 12.9. The zero-order chi connectivity index (χ0) is 36.8. The molecular weight excluding hydrogens is 620 g/mol. The highest BCUT2D eigenvalue weighted by atomic mass is 16.4. The van der Waals surface area contributed by atoms with Gasteiger partial charge in [0.15, 0.2) is 5.60 Å². The monoisotopic (exact) mass is 670 g/mol. The van der Waals surface area contributed by atoms with Crippen LogP contribution in [0.1, 0.15) is 88.8 Å². The van der Waals surface area contributed by atoms with Crippen LogP contribution in [0, 0.1) is 0 Å². The molecule has 0 radical (unpaired) electrons. The van der Waals surface area contributed by atoms with Gasteiger partial charge in [0, 0.05) is 35.3 Å². The number of carboxylic acids is 3. The summed E-state index contributed by atoms with van der Waals surface area (Å²) in [4.78, 5) is 30.5. The number of rotatable bonds is 13. The number of β-amino-alcohol motifs (C(OH)–C–C–N with tert-alkyl or cyclic N) is 2. The first-order valence-corrected chi connectivity index (χ1v) is 14.6. The number of carboxylic acid groups (broad SMARTS) is 3. The van der Waals surface area contributed by atoms with E-state index in [9.17, 15) is 34.8 Å². The third-order valence-electron chi connectivity index (χ3n) is 6.25. The highest BCUT2D eigenvalue weighted by Crippen LogP contribution is 2.24. The number of hydrogen-bond donors (Lipinski definition) is 12. The van der Waals surface area contributed by atoms with E-state index >= 15 is 0 Å². The number of benzene rings is 2. The second-order valence-corrected chi connectivity index (χ2v) is 12.9. The van der Waals surface area contributed by atoms with Crippen LogP contribution in [-0.4, -0.2) is 98.7 Å². The molecular formula is C32H50N2O13. The summed E-state index contributed by atoms with van der Waals surface area (Å²) in [5, 5.41) is 97.0. The maximum atomic E-state index is 10.3. The van der Waals surface area contributed by atoms with Crippen LogP contribution in [-0.2, 0) is 27.6 Å². The lowest BCUT2D eigenvalue weighted by molar-refractivity contribution is -0.170. The Morgan fingerprint density at radius 1 is 0.660 bits per heavy atom. The fourth-order valence-electron chi connectivity index (χ4n) is 3.63. The Hall–Kier alpha value is -3.83. The van der Waals surface area contributed by atoms with Crippen molar-refractivity contribution in [1.29, 1.82) is 0 Å². The van der Waals surface area contributed by atoms with E-state index < -0.39 is 48.6 Å². The second kappa shape index (κ2) is 19.1. The largest absolute Gasteiger partial charge is 0.508 e. The molecule has 15 heteroatoms. The average Bonchev–Trinajstić information content (AvgIpc) is 2.94.